The fourth-order valence-corrected chi connectivity index (χ4v) is 3.51. The first-order chi connectivity index (χ1) is 12.3. The summed E-state index contributed by atoms with van der Waals surface area (Å²) in [6.07, 6.45) is 0.315. The minimum absolute atomic E-state index is 0.0317. The van der Waals surface area contributed by atoms with Crippen LogP contribution >= 0.6 is 0 Å². The smallest absolute Gasteiger partial charge is 0.296 e. The normalized spacial score (nSPS) is 20.5. The maximum absolute atomic E-state index is 12.3. The summed E-state index contributed by atoms with van der Waals surface area (Å²) < 4.78 is 40.3. The van der Waals surface area contributed by atoms with Crippen LogP contribution in [-0.4, -0.2) is 53.1 Å². The minimum atomic E-state index is -3.81. The molecule has 2 atom stereocenters. The van der Waals surface area contributed by atoms with Gasteiger partial charge in [0.1, 0.15) is 12.1 Å². The molecule has 0 saturated heterocycles. The van der Waals surface area contributed by atoms with Crippen molar-refractivity contribution in [2.45, 2.75) is 44.2 Å². The number of aliphatic imine (C=N–C) groups is 2. The summed E-state index contributed by atoms with van der Waals surface area (Å²) in [5.74, 6) is 1.19. The lowest BCUT2D eigenvalue weighted by molar-refractivity contribution is 0.290. The fraction of sp³-hybridized carbons (Fsp3) is 0.556. The number of aryl methyl sites for hydroxylation is 1. The zero-order valence-corrected chi connectivity index (χ0v) is 16.6. The van der Waals surface area contributed by atoms with Crippen LogP contribution in [0.4, 0.5) is 0 Å². The minimum Gasteiger partial charge on any atom is -0.483 e. The molecule has 2 rings (SSSR count). The number of benzene rings is 1. The molecule has 26 heavy (non-hydrogen) atoms. The van der Waals surface area contributed by atoms with E-state index in [4.69, 9.17) is 13.7 Å². The van der Waals surface area contributed by atoms with E-state index in [2.05, 4.69) is 9.98 Å². The van der Waals surface area contributed by atoms with Gasteiger partial charge in [-0.1, -0.05) is 31.5 Å². The number of nitrogens with zero attached hydrogens (tertiary/aromatic N) is 2. The second-order valence-corrected chi connectivity index (χ2v) is 8.04. The van der Waals surface area contributed by atoms with Gasteiger partial charge in [-0.05, 0) is 25.0 Å². The molecule has 0 aromatic heterocycles. The Morgan fingerprint density at radius 1 is 1.04 bits per heavy atom. The highest BCUT2D eigenvalue weighted by molar-refractivity contribution is 7.86. The predicted molar refractivity (Wildman–Crippen MR) is 100 cm³/mol. The maximum Gasteiger partial charge on any atom is 0.296 e. The predicted octanol–water partition coefficient (Wildman–Crippen LogP) is 2.59. The molecule has 8 heteroatoms. The van der Waals surface area contributed by atoms with Gasteiger partial charge in [0, 0.05) is 6.42 Å². The fourth-order valence-electron chi connectivity index (χ4n) is 2.59. The van der Waals surface area contributed by atoms with Crippen molar-refractivity contribution in [2.24, 2.45) is 15.9 Å². The van der Waals surface area contributed by atoms with Crippen LogP contribution in [0.15, 0.2) is 39.1 Å². The van der Waals surface area contributed by atoms with E-state index in [1.807, 2.05) is 20.8 Å². The first-order valence-electron chi connectivity index (χ1n) is 8.48. The summed E-state index contributed by atoms with van der Waals surface area (Å²) in [4.78, 5) is 9.21. The summed E-state index contributed by atoms with van der Waals surface area (Å²) >= 11 is 0. The maximum atomic E-state index is 12.3. The van der Waals surface area contributed by atoms with Crippen LogP contribution in [0.2, 0.25) is 0 Å². The average Bonchev–Trinajstić information content (AvgIpc) is 2.61. The Balaban J connectivity index is 2.05. The highest BCUT2D eigenvalue weighted by Gasteiger charge is 2.31. The van der Waals surface area contributed by atoms with E-state index in [9.17, 15) is 8.42 Å². The molecule has 7 nitrogen and oxygen atoms in total. The van der Waals surface area contributed by atoms with Crippen molar-refractivity contribution in [2.75, 3.05) is 20.8 Å². The van der Waals surface area contributed by atoms with Gasteiger partial charge < -0.3 is 9.47 Å². The van der Waals surface area contributed by atoms with Crippen molar-refractivity contribution >= 4 is 21.9 Å². The number of hydrogen-bond donors (Lipinski definition) is 0. The van der Waals surface area contributed by atoms with Crippen molar-refractivity contribution < 1.29 is 22.1 Å². The standard InChI is InChI=1S/C18H26N2O5S/c1-12(2)16-18(24-5)19-15(17(20-16)23-4)10-11-25-26(21,22)14-8-6-13(3)7-9-14/h6-9,12,15-16H,10-11H2,1-5H3/t15-,16+/m1/s1. The molecule has 0 aliphatic carbocycles. The van der Waals surface area contributed by atoms with Gasteiger partial charge >= 0.3 is 0 Å². The summed E-state index contributed by atoms with van der Waals surface area (Å²) in [5, 5.41) is 0. The number of ether oxygens (including phenoxy) is 2. The van der Waals surface area contributed by atoms with Crippen LogP contribution in [0, 0.1) is 12.8 Å². The van der Waals surface area contributed by atoms with E-state index in [0.717, 1.165) is 5.56 Å². The molecule has 1 aliphatic heterocycles. The van der Waals surface area contributed by atoms with Crippen molar-refractivity contribution in [1.29, 1.82) is 0 Å². The third kappa shape index (κ3) is 4.82. The van der Waals surface area contributed by atoms with Crippen LogP contribution in [0.3, 0.4) is 0 Å². The molecule has 0 radical (unpaired) electrons. The topological polar surface area (TPSA) is 86.6 Å². The van der Waals surface area contributed by atoms with Crippen molar-refractivity contribution in [1.82, 2.24) is 0 Å². The molecule has 0 spiro atoms. The molecule has 1 aliphatic rings. The van der Waals surface area contributed by atoms with Gasteiger partial charge in [-0.15, -0.1) is 0 Å². The molecule has 1 aromatic rings. The molecule has 0 unspecified atom stereocenters. The van der Waals surface area contributed by atoms with Crippen molar-refractivity contribution in [3.8, 4) is 0 Å². The first-order valence-corrected chi connectivity index (χ1v) is 9.88. The highest BCUT2D eigenvalue weighted by Crippen LogP contribution is 2.20. The van der Waals surface area contributed by atoms with E-state index in [1.54, 1.807) is 19.2 Å². The largest absolute Gasteiger partial charge is 0.483 e. The second kappa shape index (κ2) is 8.64. The molecule has 0 saturated carbocycles. The van der Waals surface area contributed by atoms with Gasteiger partial charge in [0.05, 0.1) is 25.7 Å². The van der Waals surface area contributed by atoms with Crippen LogP contribution in [0.5, 0.6) is 0 Å². The van der Waals surface area contributed by atoms with Crippen LogP contribution in [0.25, 0.3) is 0 Å². The molecule has 1 aromatic carbocycles. The monoisotopic (exact) mass is 382 g/mol. The average molecular weight is 382 g/mol. The van der Waals surface area contributed by atoms with E-state index < -0.39 is 16.2 Å². The lowest BCUT2D eigenvalue weighted by Gasteiger charge is -2.26. The summed E-state index contributed by atoms with van der Waals surface area (Å²) in [6, 6.07) is 5.88. The van der Waals surface area contributed by atoms with E-state index >= 15 is 0 Å². The third-order valence-corrected chi connectivity index (χ3v) is 5.40. The number of rotatable bonds is 6. The molecular formula is C18H26N2O5S. The zero-order valence-electron chi connectivity index (χ0n) is 15.8. The second-order valence-electron chi connectivity index (χ2n) is 6.43. The Kier molecular flexibility index (Phi) is 6.77. The van der Waals surface area contributed by atoms with Crippen LogP contribution < -0.4 is 0 Å². The van der Waals surface area contributed by atoms with Gasteiger partial charge in [0.15, 0.2) is 0 Å². The van der Waals surface area contributed by atoms with Crippen LogP contribution in [0.1, 0.15) is 25.8 Å². The SMILES string of the molecule is COC1=N[C@H](CCOS(=O)(=O)c2ccc(C)cc2)C(OC)=N[C@H]1C(C)C. The van der Waals surface area contributed by atoms with Gasteiger partial charge in [-0.25, -0.2) is 9.98 Å². The summed E-state index contributed by atoms with van der Waals surface area (Å²) in [5.41, 5.74) is 0.980. The number of hydrogen-bond acceptors (Lipinski definition) is 7. The molecule has 1 heterocycles. The van der Waals surface area contributed by atoms with Crippen molar-refractivity contribution in [3.63, 3.8) is 0 Å². The molecule has 0 amide bonds. The quantitative estimate of drug-likeness (QED) is 0.706. The lowest BCUT2D eigenvalue weighted by atomic mass is 10.0. The van der Waals surface area contributed by atoms with Gasteiger partial charge in [-0.3, -0.25) is 4.18 Å². The van der Waals surface area contributed by atoms with E-state index in [0.29, 0.717) is 18.2 Å². The molecule has 144 valence electrons. The van der Waals surface area contributed by atoms with Gasteiger partial charge in [-0.2, -0.15) is 8.42 Å². The highest BCUT2D eigenvalue weighted by atomic mass is 32.2. The Morgan fingerprint density at radius 2 is 1.65 bits per heavy atom. The lowest BCUT2D eigenvalue weighted by Crippen LogP contribution is -2.38. The van der Waals surface area contributed by atoms with Crippen LogP contribution in [-0.2, 0) is 23.8 Å². The third-order valence-electron chi connectivity index (χ3n) is 4.08. The number of methoxy groups -OCH3 is 2. The van der Waals surface area contributed by atoms with Gasteiger partial charge in [0.2, 0.25) is 11.8 Å². The molecular weight excluding hydrogens is 356 g/mol. The Hall–Kier alpha value is -1.93. The molecule has 0 bridgehead atoms. The summed E-state index contributed by atoms with van der Waals surface area (Å²) in [6.45, 7) is 5.90. The molecule has 0 fully saturated rings. The Morgan fingerprint density at radius 3 is 2.19 bits per heavy atom. The molecule has 0 N–H and O–H groups in total. The van der Waals surface area contributed by atoms with Crippen molar-refractivity contribution in [3.05, 3.63) is 29.8 Å². The van der Waals surface area contributed by atoms with Gasteiger partial charge in [0.25, 0.3) is 10.1 Å². The first kappa shape index (κ1) is 20.4. The Bertz CT molecular complexity index is 769. The zero-order chi connectivity index (χ0) is 19.3. The summed E-state index contributed by atoms with van der Waals surface area (Å²) in [7, 11) is -0.725. The van der Waals surface area contributed by atoms with E-state index in [-0.39, 0.29) is 23.5 Å². The van der Waals surface area contributed by atoms with E-state index in [1.165, 1.54) is 19.2 Å². The Labute approximate surface area is 155 Å².